The number of phenols is 1. The molecule has 0 amide bonds. The summed E-state index contributed by atoms with van der Waals surface area (Å²) in [6.45, 7) is 0. The monoisotopic (exact) mass is 455 g/mol. The summed E-state index contributed by atoms with van der Waals surface area (Å²) >= 11 is 0. The van der Waals surface area contributed by atoms with Crippen LogP contribution >= 0.6 is 0 Å². The summed E-state index contributed by atoms with van der Waals surface area (Å²) in [6, 6.07) is 20.8. The number of hydrogen-bond acceptors (Lipinski definition) is 7. The molecule has 1 unspecified atom stereocenters. The van der Waals surface area contributed by atoms with Gasteiger partial charge in [-0.25, -0.2) is 4.99 Å². The molecule has 34 heavy (non-hydrogen) atoms. The largest absolute Gasteiger partial charge is 0.504 e. The molecule has 1 atom stereocenters. The molecule has 7 heteroatoms. The van der Waals surface area contributed by atoms with E-state index in [1.807, 2.05) is 60.7 Å². The summed E-state index contributed by atoms with van der Waals surface area (Å²) in [7, 11) is 4.82. The van der Waals surface area contributed by atoms with Gasteiger partial charge in [-0.15, -0.1) is 0 Å². The molecule has 0 bridgehead atoms. The molecule has 1 aliphatic heterocycles. The molecular weight excluding hydrogens is 430 g/mol. The number of nitrogens with one attached hydrogen (secondary N) is 1. The molecule has 1 fully saturated rings. The second-order valence-corrected chi connectivity index (χ2v) is 7.97. The number of methoxy groups -OCH3 is 3. The fourth-order valence-electron chi connectivity index (χ4n) is 3.94. The van der Waals surface area contributed by atoms with Crippen molar-refractivity contribution in [2.24, 2.45) is 9.98 Å². The van der Waals surface area contributed by atoms with E-state index in [2.05, 4.69) is 5.32 Å². The van der Waals surface area contributed by atoms with Crippen LogP contribution in [0.5, 0.6) is 23.0 Å². The average Bonchev–Trinajstić information content (AvgIpc) is 3.63. The van der Waals surface area contributed by atoms with Gasteiger partial charge in [0.2, 0.25) is 0 Å². The highest BCUT2D eigenvalue weighted by atomic mass is 16.5. The van der Waals surface area contributed by atoms with Crippen molar-refractivity contribution < 1.29 is 19.3 Å². The van der Waals surface area contributed by atoms with E-state index in [-0.39, 0.29) is 11.8 Å². The SMILES string of the molecule is COc1ccc(C2=NC3C/C3=C(\c3cccc(OC)c3O)NC(c3ccc(OC)cc3)=N2)cc1. The van der Waals surface area contributed by atoms with Crippen molar-refractivity contribution in [2.75, 3.05) is 21.3 Å². The molecule has 0 spiro atoms. The Hall–Kier alpha value is -4.26. The van der Waals surface area contributed by atoms with E-state index in [1.54, 1.807) is 20.3 Å². The van der Waals surface area contributed by atoms with Crippen molar-refractivity contribution in [2.45, 2.75) is 12.5 Å². The number of nitrogens with zero attached hydrogens (tertiary/aromatic N) is 2. The van der Waals surface area contributed by atoms with Crippen molar-refractivity contribution in [1.82, 2.24) is 5.32 Å². The lowest BCUT2D eigenvalue weighted by molar-refractivity contribution is 0.372. The highest BCUT2D eigenvalue weighted by molar-refractivity contribution is 6.14. The van der Waals surface area contributed by atoms with Crippen molar-refractivity contribution in [3.8, 4) is 23.0 Å². The van der Waals surface area contributed by atoms with Gasteiger partial charge in [0, 0.05) is 16.7 Å². The normalized spacial score (nSPS) is 19.0. The minimum atomic E-state index is -0.00799. The number of fused-ring (bicyclic) bond motifs is 1. The standard InChI is InChI=1S/C27H25N3O4/c1-32-18-11-7-16(8-12-18)26-28-22-15-21(22)24(20-5-4-6-23(34-3)25(20)31)29-27(30-26)17-9-13-19(33-2)14-10-17/h4-14,22,31H,15H2,1-3H3,(H,28,29,30)/b24-21-. The fourth-order valence-corrected chi connectivity index (χ4v) is 3.94. The third-order valence-electron chi connectivity index (χ3n) is 5.92. The van der Waals surface area contributed by atoms with Crippen molar-refractivity contribution in [3.05, 3.63) is 89.0 Å². The molecule has 1 saturated carbocycles. The predicted octanol–water partition coefficient (Wildman–Crippen LogP) is 4.40. The number of aliphatic imine (C=N–C) groups is 2. The number of para-hydroxylation sites is 1. The molecule has 3 aromatic rings. The Morgan fingerprint density at radius 3 is 2.09 bits per heavy atom. The van der Waals surface area contributed by atoms with E-state index in [9.17, 15) is 5.11 Å². The second kappa shape index (κ2) is 8.94. The van der Waals surface area contributed by atoms with Crippen LogP contribution in [0.1, 0.15) is 23.1 Å². The van der Waals surface area contributed by atoms with Gasteiger partial charge in [0.1, 0.15) is 17.3 Å². The van der Waals surface area contributed by atoms with Gasteiger partial charge in [-0.05, 0) is 72.7 Å². The van der Waals surface area contributed by atoms with Crippen molar-refractivity contribution >= 4 is 17.4 Å². The number of phenolic OH excluding ortho intramolecular Hbond substituents is 1. The summed E-state index contributed by atoms with van der Waals surface area (Å²) in [5, 5.41) is 14.3. The molecule has 1 heterocycles. The van der Waals surface area contributed by atoms with Gasteiger partial charge >= 0.3 is 0 Å². The number of amidine groups is 2. The van der Waals surface area contributed by atoms with Gasteiger partial charge in [0.05, 0.1) is 33.1 Å². The van der Waals surface area contributed by atoms with Crippen LogP contribution in [0, 0.1) is 0 Å². The summed E-state index contributed by atoms with van der Waals surface area (Å²) in [4.78, 5) is 9.89. The zero-order chi connectivity index (χ0) is 23.7. The maximum atomic E-state index is 10.8. The maximum absolute atomic E-state index is 10.8. The van der Waals surface area contributed by atoms with Crippen LogP contribution in [0.3, 0.4) is 0 Å². The number of aromatic hydroxyl groups is 1. The van der Waals surface area contributed by atoms with E-state index in [1.165, 1.54) is 7.11 Å². The Balaban J connectivity index is 1.63. The molecule has 0 radical (unpaired) electrons. The van der Waals surface area contributed by atoms with E-state index in [4.69, 9.17) is 24.2 Å². The van der Waals surface area contributed by atoms with E-state index in [0.29, 0.717) is 23.0 Å². The molecule has 5 rings (SSSR count). The molecule has 7 nitrogen and oxygen atoms in total. The minimum Gasteiger partial charge on any atom is -0.504 e. The third kappa shape index (κ3) is 4.08. The third-order valence-corrected chi connectivity index (χ3v) is 5.92. The predicted molar refractivity (Wildman–Crippen MR) is 132 cm³/mol. The Bertz CT molecular complexity index is 1310. The van der Waals surface area contributed by atoms with Gasteiger partial charge in [-0.1, -0.05) is 6.07 Å². The highest BCUT2D eigenvalue weighted by Crippen LogP contribution is 2.43. The number of rotatable bonds is 6. The molecule has 2 N–H and O–H groups in total. The average molecular weight is 456 g/mol. The quantitative estimate of drug-likeness (QED) is 0.576. The Morgan fingerprint density at radius 1 is 0.824 bits per heavy atom. The van der Waals surface area contributed by atoms with Crippen LogP contribution in [0.15, 0.2) is 82.3 Å². The maximum Gasteiger partial charge on any atom is 0.167 e. The lowest BCUT2D eigenvalue weighted by Crippen LogP contribution is -2.26. The highest BCUT2D eigenvalue weighted by Gasteiger charge is 2.37. The molecule has 3 aromatic carbocycles. The first-order valence-electron chi connectivity index (χ1n) is 10.9. The topological polar surface area (TPSA) is 84.7 Å². The van der Waals surface area contributed by atoms with Crippen LogP contribution in [0.4, 0.5) is 0 Å². The molecule has 1 aliphatic carbocycles. The van der Waals surface area contributed by atoms with E-state index >= 15 is 0 Å². The first kappa shape index (κ1) is 21.6. The molecule has 2 aliphatic rings. The number of benzene rings is 3. The number of ether oxygens (including phenoxy) is 3. The summed E-state index contributed by atoms with van der Waals surface area (Å²) in [5.41, 5.74) is 4.32. The zero-order valence-corrected chi connectivity index (χ0v) is 19.2. The smallest absolute Gasteiger partial charge is 0.167 e. The Labute approximate surface area is 198 Å². The Morgan fingerprint density at radius 2 is 1.47 bits per heavy atom. The molecule has 0 aromatic heterocycles. The van der Waals surface area contributed by atoms with Crippen molar-refractivity contribution in [3.63, 3.8) is 0 Å². The zero-order valence-electron chi connectivity index (χ0n) is 19.2. The molecular formula is C27H25N3O4. The van der Waals surface area contributed by atoms with Crippen molar-refractivity contribution in [1.29, 1.82) is 0 Å². The molecule has 0 saturated heterocycles. The fraction of sp³-hybridized carbons (Fsp3) is 0.185. The second-order valence-electron chi connectivity index (χ2n) is 7.97. The first-order valence-corrected chi connectivity index (χ1v) is 10.9. The summed E-state index contributed by atoms with van der Waals surface area (Å²) < 4.78 is 15.9. The number of hydrogen-bond donors (Lipinski definition) is 2. The van der Waals surface area contributed by atoms with Gasteiger partial charge in [-0.3, -0.25) is 4.99 Å². The van der Waals surface area contributed by atoms with Gasteiger partial charge < -0.3 is 24.6 Å². The van der Waals surface area contributed by atoms with Crippen LogP contribution in [-0.2, 0) is 0 Å². The van der Waals surface area contributed by atoms with Crippen LogP contribution < -0.4 is 19.5 Å². The molecule has 172 valence electrons. The first-order chi connectivity index (χ1) is 16.6. The van der Waals surface area contributed by atoms with Crippen LogP contribution in [0.25, 0.3) is 5.70 Å². The van der Waals surface area contributed by atoms with Crippen LogP contribution in [-0.4, -0.2) is 44.1 Å². The van der Waals surface area contributed by atoms with Gasteiger partial charge in [0.25, 0.3) is 0 Å². The lowest BCUT2D eigenvalue weighted by Gasteiger charge is -2.18. The van der Waals surface area contributed by atoms with Gasteiger partial charge in [0.15, 0.2) is 17.3 Å². The minimum absolute atomic E-state index is 0.00799. The Kier molecular flexibility index (Phi) is 5.67. The summed E-state index contributed by atoms with van der Waals surface area (Å²) in [6.07, 6.45) is 0.782. The van der Waals surface area contributed by atoms with Gasteiger partial charge in [-0.2, -0.15) is 0 Å². The van der Waals surface area contributed by atoms with E-state index in [0.717, 1.165) is 40.3 Å². The lowest BCUT2D eigenvalue weighted by atomic mass is 10.1. The van der Waals surface area contributed by atoms with Crippen LogP contribution in [0.2, 0.25) is 0 Å². The van der Waals surface area contributed by atoms with E-state index < -0.39 is 0 Å². The summed E-state index contributed by atoms with van der Waals surface area (Å²) in [5.74, 6) is 3.28.